The van der Waals surface area contributed by atoms with Gasteiger partial charge in [0.25, 0.3) is 5.69 Å². The molecule has 102 valence electrons. The van der Waals surface area contributed by atoms with Crippen LogP contribution in [-0.2, 0) is 9.53 Å². The average Bonchev–Trinajstić information content (AvgIpc) is 2.36. The van der Waals surface area contributed by atoms with Crippen molar-refractivity contribution < 1.29 is 14.5 Å². The number of esters is 1. The monoisotopic (exact) mass is 265 g/mol. The van der Waals surface area contributed by atoms with Crippen molar-refractivity contribution in [1.82, 2.24) is 9.88 Å². The van der Waals surface area contributed by atoms with Gasteiger partial charge in [-0.2, -0.15) is 0 Å². The van der Waals surface area contributed by atoms with E-state index in [2.05, 4.69) is 4.98 Å². The van der Waals surface area contributed by atoms with Gasteiger partial charge in [-0.3, -0.25) is 10.1 Å². The van der Waals surface area contributed by atoms with Crippen LogP contribution in [0.15, 0.2) is 24.5 Å². The Labute approximate surface area is 110 Å². The third kappa shape index (κ3) is 3.77. The lowest BCUT2D eigenvalue weighted by molar-refractivity contribution is -0.385. The second kappa shape index (κ2) is 6.48. The van der Waals surface area contributed by atoms with Crippen LogP contribution in [0.3, 0.4) is 0 Å². The fourth-order valence-electron chi connectivity index (χ4n) is 1.43. The molecule has 7 nitrogen and oxygen atoms in total. The molecule has 0 unspecified atom stereocenters. The minimum Gasteiger partial charge on any atom is -0.462 e. The van der Waals surface area contributed by atoms with Gasteiger partial charge in [-0.25, -0.2) is 9.78 Å². The molecule has 0 saturated heterocycles. The van der Waals surface area contributed by atoms with Gasteiger partial charge in [0.1, 0.15) is 5.57 Å². The van der Waals surface area contributed by atoms with Crippen LogP contribution in [0.1, 0.15) is 12.6 Å². The fraction of sp³-hybridized carbons (Fsp3) is 0.333. The Balaban J connectivity index is 3.34. The Bertz CT molecular complexity index is 511. The van der Waals surface area contributed by atoms with E-state index in [0.717, 1.165) is 0 Å². The number of hydrogen-bond acceptors (Lipinski definition) is 6. The predicted octanol–water partition coefficient (Wildman–Crippen LogP) is 1.46. The lowest BCUT2D eigenvalue weighted by Gasteiger charge is -2.10. The minimum atomic E-state index is -0.641. The molecule has 0 amide bonds. The molecular formula is C12H15N3O4. The summed E-state index contributed by atoms with van der Waals surface area (Å²) in [4.78, 5) is 27.8. The smallest absolute Gasteiger partial charge is 0.342 e. The van der Waals surface area contributed by atoms with Crippen LogP contribution in [0.2, 0.25) is 0 Å². The fourth-order valence-corrected chi connectivity index (χ4v) is 1.43. The maximum Gasteiger partial charge on any atom is 0.342 e. The van der Waals surface area contributed by atoms with Crippen molar-refractivity contribution in [2.75, 3.05) is 20.7 Å². The summed E-state index contributed by atoms with van der Waals surface area (Å²) < 4.78 is 4.90. The molecule has 0 atom stereocenters. The summed E-state index contributed by atoms with van der Waals surface area (Å²) in [6.07, 6.45) is 2.85. The average molecular weight is 265 g/mol. The molecule has 0 bridgehead atoms. The summed E-state index contributed by atoms with van der Waals surface area (Å²) >= 11 is 0. The first-order chi connectivity index (χ1) is 8.97. The van der Waals surface area contributed by atoms with Gasteiger partial charge in [-0.1, -0.05) is 0 Å². The van der Waals surface area contributed by atoms with Crippen LogP contribution in [0, 0.1) is 10.1 Å². The Kier molecular flexibility index (Phi) is 4.99. The van der Waals surface area contributed by atoms with E-state index in [4.69, 9.17) is 4.74 Å². The highest BCUT2D eigenvalue weighted by Gasteiger charge is 2.24. The zero-order valence-electron chi connectivity index (χ0n) is 11.0. The highest BCUT2D eigenvalue weighted by molar-refractivity contribution is 6.16. The first-order valence-corrected chi connectivity index (χ1v) is 5.62. The predicted molar refractivity (Wildman–Crippen MR) is 69.2 cm³/mol. The molecule has 0 radical (unpaired) electrons. The summed E-state index contributed by atoms with van der Waals surface area (Å²) in [5, 5.41) is 11.0. The number of nitro groups is 1. The molecule has 0 aliphatic carbocycles. The maximum atomic E-state index is 11.9. The van der Waals surface area contributed by atoms with Crippen molar-refractivity contribution in [2.45, 2.75) is 6.92 Å². The highest BCUT2D eigenvalue weighted by Crippen LogP contribution is 2.24. The summed E-state index contributed by atoms with van der Waals surface area (Å²) in [5.74, 6) is -0.641. The molecule has 0 spiro atoms. The summed E-state index contributed by atoms with van der Waals surface area (Å²) in [6, 6.07) is 2.74. The van der Waals surface area contributed by atoms with Crippen molar-refractivity contribution in [2.24, 2.45) is 0 Å². The number of rotatable bonds is 5. The highest BCUT2D eigenvalue weighted by atomic mass is 16.6. The number of pyridine rings is 1. The van der Waals surface area contributed by atoms with Gasteiger partial charge in [0, 0.05) is 32.6 Å². The molecule has 19 heavy (non-hydrogen) atoms. The molecule has 0 saturated carbocycles. The number of carbonyl (C=O) groups is 1. The first kappa shape index (κ1) is 14.6. The number of ether oxygens (including phenoxy) is 1. The van der Waals surface area contributed by atoms with E-state index in [1.807, 2.05) is 0 Å². The van der Waals surface area contributed by atoms with Gasteiger partial charge < -0.3 is 9.64 Å². The van der Waals surface area contributed by atoms with Gasteiger partial charge in [-0.15, -0.1) is 0 Å². The molecule has 1 heterocycles. The largest absolute Gasteiger partial charge is 0.462 e. The van der Waals surface area contributed by atoms with Gasteiger partial charge in [-0.05, 0) is 13.0 Å². The van der Waals surface area contributed by atoms with Crippen LogP contribution in [0.5, 0.6) is 0 Å². The SMILES string of the molecule is CCOC(=O)/C(=C\N(C)C)c1ncccc1[N+](=O)[O-]. The van der Waals surface area contributed by atoms with Crippen molar-refractivity contribution >= 4 is 17.2 Å². The Morgan fingerprint density at radius 3 is 2.79 bits per heavy atom. The van der Waals surface area contributed by atoms with E-state index in [1.54, 1.807) is 25.9 Å². The van der Waals surface area contributed by atoms with Gasteiger partial charge in [0.05, 0.1) is 11.5 Å². The third-order valence-electron chi connectivity index (χ3n) is 2.12. The Morgan fingerprint density at radius 1 is 1.58 bits per heavy atom. The number of hydrogen-bond donors (Lipinski definition) is 0. The van der Waals surface area contributed by atoms with Crippen molar-refractivity contribution in [1.29, 1.82) is 0 Å². The first-order valence-electron chi connectivity index (χ1n) is 5.62. The Morgan fingerprint density at radius 2 is 2.26 bits per heavy atom. The van der Waals surface area contributed by atoms with E-state index < -0.39 is 10.9 Å². The van der Waals surface area contributed by atoms with E-state index in [9.17, 15) is 14.9 Å². The van der Waals surface area contributed by atoms with Crippen LogP contribution < -0.4 is 0 Å². The van der Waals surface area contributed by atoms with Gasteiger partial charge in [0.2, 0.25) is 0 Å². The topological polar surface area (TPSA) is 85.6 Å². The second-order valence-electron chi connectivity index (χ2n) is 3.86. The molecule has 1 aromatic rings. The van der Waals surface area contributed by atoms with Crippen molar-refractivity contribution in [3.05, 3.63) is 40.3 Å². The van der Waals surface area contributed by atoms with Crippen molar-refractivity contribution in [3.63, 3.8) is 0 Å². The van der Waals surface area contributed by atoms with Gasteiger partial charge in [0.15, 0.2) is 5.69 Å². The van der Waals surface area contributed by atoms with Crippen molar-refractivity contribution in [3.8, 4) is 0 Å². The zero-order chi connectivity index (χ0) is 14.4. The maximum absolute atomic E-state index is 11.9. The van der Waals surface area contributed by atoms with E-state index in [-0.39, 0.29) is 23.6 Å². The van der Waals surface area contributed by atoms with Crippen LogP contribution in [-0.4, -0.2) is 41.5 Å². The quantitative estimate of drug-likeness (QED) is 0.347. The lowest BCUT2D eigenvalue weighted by atomic mass is 10.1. The van der Waals surface area contributed by atoms with E-state index in [0.29, 0.717) is 0 Å². The molecule has 0 aliphatic heterocycles. The lowest BCUT2D eigenvalue weighted by Crippen LogP contribution is -2.13. The van der Waals surface area contributed by atoms with Crippen LogP contribution in [0.4, 0.5) is 5.69 Å². The summed E-state index contributed by atoms with van der Waals surface area (Å²) in [6.45, 7) is 1.85. The third-order valence-corrected chi connectivity index (χ3v) is 2.12. The molecule has 0 aliphatic rings. The molecule has 1 aromatic heterocycles. The molecule has 0 aromatic carbocycles. The molecule has 7 heteroatoms. The van der Waals surface area contributed by atoms with Crippen LogP contribution >= 0.6 is 0 Å². The summed E-state index contributed by atoms with van der Waals surface area (Å²) in [7, 11) is 3.40. The Hall–Kier alpha value is -2.44. The second-order valence-corrected chi connectivity index (χ2v) is 3.86. The molecule has 0 fully saturated rings. The standard InChI is InChI=1S/C12H15N3O4/c1-4-19-12(16)9(8-14(2)3)11-10(15(17)18)6-5-7-13-11/h5-8H,4H2,1-3H3/b9-8-. The van der Waals surface area contributed by atoms with Crippen LogP contribution in [0.25, 0.3) is 5.57 Å². The minimum absolute atomic E-state index is 0.000324. The number of carbonyl (C=O) groups excluding carboxylic acids is 1. The molecular weight excluding hydrogens is 250 g/mol. The summed E-state index contributed by atoms with van der Waals surface area (Å²) in [5.41, 5.74) is -0.178. The molecule has 0 N–H and O–H groups in total. The number of nitrogens with zero attached hydrogens (tertiary/aromatic N) is 3. The van der Waals surface area contributed by atoms with E-state index >= 15 is 0 Å². The molecule has 1 rings (SSSR count). The number of aromatic nitrogens is 1. The van der Waals surface area contributed by atoms with Gasteiger partial charge >= 0.3 is 5.97 Å². The zero-order valence-corrected chi connectivity index (χ0v) is 11.0. The normalized spacial score (nSPS) is 11.0. The van der Waals surface area contributed by atoms with E-state index in [1.165, 1.54) is 24.5 Å².